The van der Waals surface area contributed by atoms with E-state index in [-0.39, 0.29) is 6.10 Å². The standard InChI is InChI=1S/C14H16ClNO3/c1-10-9-16(7-8-19-10)13-4-2-3-12(15)11(13)5-6-14(17)18/h2-6,10H,7-9H2,1H3,(H,17,18)/b6-5+. The smallest absolute Gasteiger partial charge is 0.328 e. The number of benzene rings is 1. The monoisotopic (exact) mass is 281 g/mol. The minimum absolute atomic E-state index is 0.157. The fraction of sp³-hybridized carbons (Fsp3) is 0.357. The van der Waals surface area contributed by atoms with Gasteiger partial charge in [0.1, 0.15) is 0 Å². The number of rotatable bonds is 3. The van der Waals surface area contributed by atoms with Gasteiger partial charge >= 0.3 is 5.97 Å². The minimum Gasteiger partial charge on any atom is -0.478 e. The number of hydrogen-bond donors (Lipinski definition) is 1. The number of anilines is 1. The summed E-state index contributed by atoms with van der Waals surface area (Å²) in [7, 11) is 0. The number of carboxylic acid groups (broad SMARTS) is 1. The van der Waals surface area contributed by atoms with Crippen molar-refractivity contribution >= 4 is 29.3 Å². The maximum Gasteiger partial charge on any atom is 0.328 e. The SMILES string of the molecule is CC1CN(c2cccc(Cl)c2/C=C/C(=O)O)CCO1. The van der Waals surface area contributed by atoms with Crippen molar-refractivity contribution in [2.75, 3.05) is 24.6 Å². The third kappa shape index (κ3) is 3.49. The molecular formula is C14H16ClNO3. The number of morpholine rings is 1. The molecule has 102 valence electrons. The van der Waals surface area contributed by atoms with Gasteiger partial charge in [-0.15, -0.1) is 0 Å². The molecule has 4 nitrogen and oxygen atoms in total. The second-order valence-corrected chi connectivity index (χ2v) is 4.88. The van der Waals surface area contributed by atoms with Gasteiger partial charge in [-0.05, 0) is 25.1 Å². The highest BCUT2D eigenvalue weighted by molar-refractivity contribution is 6.32. The first kappa shape index (κ1) is 13.9. The van der Waals surface area contributed by atoms with Crippen molar-refractivity contribution in [1.29, 1.82) is 0 Å². The van der Waals surface area contributed by atoms with E-state index in [0.717, 1.165) is 30.4 Å². The molecule has 1 aliphatic heterocycles. The van der Waals surface area contributed by atoms with E-state index in [1.807, 2.05) is 19.1 Å². The second kappa shape index (κ2) is 6.08. The van der Waals surface area contributed by atoms with Crippen molar-refractivity contribution in [3.8, 4) is 0 Å². The average Bonchev–Trinajstić information content (AvgIpc) is 2.37. The summed E-state index contributed by atoms with van der Waals surface area (Å²) in [6.07, 6.45) is 2.80. The summed E-state index contributed by atoms with van der Waals surface area (Å²) in [5.41, 5.74) is 1.68. The van der Waals surface area contributed by atoms with Crippen LogP contribution in [0.4, 0.5) is 5.69 Å². The molecule has 1 unspecified atom stereocenters. The van der Waals surface area contributed by atoms with E-state index in [1.54, 1.807) is 12.1 Å². The lowest BCUT2D eigenvalue weighted by molar-refractivity contribution is -0.131. The van der Waals surface area contributed by atoms with Crippen LogP contribution in [0.25, 0.3) is 6.08 Å². The molecule has 1 N–H and O–H groups in total. The van der Waals surface area contributed by atoms with Gasteiger partial charge in [0.25, 0.3) is 0 Å². The Kier molecular flexibility index (Phi) is 4.45. The Labute approximate surface area is 117 Å². The highest BCUT2D eigenvalue weighted by Crippen LogP contribution is 2.30. The molecule has 1 fully saturated rings. The zero-order chi connectivity index (χ0) is 13.8. The topological polar surface area (TPSA) is 49.8 Å². The van der Waals surface area contributed by atoms with Gasteiger partial charge in [0, 0.05) is 35.4 Å². The molecule has 1 heterocycles. The average molecular weight is 282 g/mol. The van der Waals surface area contributed by atoms with E-state index in [9.17, 15) is 4.79 Å². The quantitative estimate of drug-likeness (QED) is 0.866. The van der Waals surface area contributed by atoms with E-state index >= 15 is 0 Å². The number of halogens is 1. The lowest BCUT2D eigenvalue weighted by Gasteiger charge is -2.34. The predicted molar refractivity (Wildman–Crippen MR) is 75.7 cm³/mol. The lowest BCUT2D eigenvalue weighted by atomic mass is 10.1. The van der Waals surface area contributed by atoms with Crippen molar-refractivity contribution in [3.05, 3.63) is 34.9 Å². The molecule has 1 aliphatic rings. The zero-order valence-corrected chi connectivity index (χ0v) is 11.4. The molecule has 0 aliphatic carbocycles. The van der Waals surface area contributed by atoms with Crippen molar-refractivity contribution < 1.29 is 14.6 Å². The van der Waals surface area contributed by atoms with Crippen LogP contribution < -0.4 is 4.90 Å². The molecule has 0 spiro atoms. The van der Waals surface area contributed by atoms with Gasteiger partial charge in [-0.1, -0.05) is 17.7 Å². The summed E-state index contributed by atoms with van der Waals surface area (Å²) in [6.45, 7) is 4.23. The molecule has 1 aromatic rings. The number of aliphatic carboxylic acids is 1. The Morgan fingerprint density at radius 3 is 3.05 bits per heavy atom. The van der Waals surface area contributed by atoms with E-state index in [2.05, 4.69) is 4.90 Å². The van der Waals surface area contributed by atoms with Crippen LogP contribution in [0.1, 0.15) is 12.5 Å². The fourth-order valence-electron chi connectivity index (χ4n) is 2.16. The third-order valence-electron chi connectivity index (χ3n) is 3.00. The van der Waals surface area contributed by atoms with Gasteiger partial charge in [0.05, 0.1) is 12.7 Å². The first-order valence-electron chi connectivity index (χ1n) is 6.14. The summed E-state index contributed by atoms with van der Waals surface area (Å²) < 4.78 is 5.51. The number of carbonyl (C=O) groups is 1. The van der Waals surface area contributed by atoms with Crippen LogP contribution >= 0.6 is 11.6 Å². The van der Waals surface area contributed by atoms with Crippen LogP contribution in [-0.4, -0.2) is 36.9 Å². The van der Waals surface area contributed by atoms with E-state index in [4.69, 9.17) is 21.4 Å². The highest BCUT2D eigenvalue weighted by atomic mass is 35.5. The van der Waals surface area contributed by atoms with Crippen LogP contribution in [0.2, 0.25) is 5.02 Å². The molecule has 0 amide bonds. The van der Waals surface area contributed by atoms with Gasteiger partial charge in [-0.3, -0.25) is 0 Å². The molecule has 1 atom stereocenters. The largest absolute Gasteiger partial charge is 0.478 e. The van der Waals surface area contributed by atoms with Gasteiger partial charge in [0.2, 0.25) is 0 Å². The molecule has 19 heavy (non-hydrogen) atoms. The summed E-state index contributed by atoms with van der Waals surface area (Å²) in [5.74, 6) is -0.985. The summed E-state index contributed by atoms with van der Waals surface area (Å²) >= 11 is 6.17. The first-order chi connectivity index (χ1) is 9.08. The van der Waals surface area contributed by atoms with E-state index < -0.39 is 5.97 Å². The van der Waals surface area contributed by atoms with Gasteiger partial charge in [-0.25, -0.2) is 4.79 Å². The maximum atomic E-state index is 10.7. The molecule has 0 radical (unpaired) electrons. The maximum absolute atomic E-state index is 10.7. The normalized spacial score (nSPS) is 19.9. The highest BCUT2D eigenvalue weighted by Gasteiger charge is 2.19. The zero-order valence-electron chi connectivity index (χ0n) is 10.7. The Morgan fingerprint density at radius 2 is 2.37 bits per heavy atom. The molecule has 5 heteroatoms. The van der Waals surface area contributed by atoms with Gasteiger partial charge in [0.15, 0.2) is 0 Å². The molecule has 1 saturated heterocycles. The van der Waals surface area contributed by atoms with Crippen LogP contribution in [0, 0.1) is 0 Å². The van der Waals surface area contributed by atoms with Gasteiger partial charge < -0.3 is 14.7 Å². The number of ether oxygens (including phenoxy) is 1. The first-order valence-corrected chi connectivity index (χ1v) is 6.52. The molecule has 2 rings (SSSR count). The third-order valence-corrected chi connectivity index (χ3v) is 3.33. The number of carboxylic acids is 1. The minimum atomic E-state index is -0.985. The van der Waals surface area contributed by atoms with Gasteiger partial charge in [-0.2, -0.15) is 0 Å². The summed E-state index contributed by atoms with van der Waals surface area (Å²) in [5, 5.41) is 9.30. The van der Waals surface area contributed by atoms with Crippen molar-refractivity contribution in [1.82, 2.24) is 0 Å². The molecule has 1 aromatic carbocycles. The Morgan fingerprint density at radius 1 is 1.58 bits per heavy atom. The Bertz CT molecular complexity index is 501. The lowest BCUT2D eigenvalue weighted by Crippen LogP contribution is -2.41. The van der Waals surface area contributed by atoms with Crippen LogP contribution in [0.5, 0.6) is 0 Å². The summed E-state index contributed by atoms with van der Waals surface area (Å²) in [4.78, 5) is 12.8. The number of hydrogen-bond acceptors (Lipinski definition) is 3. The van der Waals surface area contributed by atoms with Crippen molar-refractivity contribution in [2.45, 2.75) is 13.0 Å². The Balaban J connectivity index is 2.33. The van der Waals surface area contributed by atoms with Crippen LogP contribution in [-0.2, 0) is 9.53 Å². The molecule has 0 bridgehead atoms. The molecular weight excluding hydrogens is 266 g/mol. The van der Waals surface area contributed by atoms with E-state index in [1.165, 1.54) is 0 Å². The van der Waals surface area contributed by atoms with Crippen LogP contribution in [0.3, 0.4) is 0 Å². The van der Waals surface area contributed by atoms with Crippen molar-refractivity contribution in [3.63, 3.8) is 0 Å². The summed E-state index contributed by atoms with van der Waals surface area (Å²) in [6, 6.07) is 5.58. The molecule has 0 aromatic heterocycles. The molecule has 0 saturated carbocycles. The second-order valence-electron chi connectivity index (χ2n) is 4.47. The van der Waals surface area contributed by atoms with Crippen LogP contribution in [0.15, 0.2) is 24.3 Å². The van der Waals surface area contributed by atoms with E-state index in [0.29, 0.717) is 11.6 Å². The number of nitrogens with zero attached hydrogens (tertiary/aromatic N) is 1. The fourth-order valence-corrected chi connectivity index (χ4v) is 2.39. The van der Waals surface area contributed by atoms with Crippen molar-refractivity contribution in [2.24, 2.45) is 0 Å². The Hall–Kier alpha value is -1.52. The predicted octanol–water partition coefficient (Wildman–Crippen LogP) is 2.66.